The SMILES string of the molecule is Cc1ccc(NC(=O)C2CSC3(C)CCC(=O)N23)cc1. The zero-order valence-corrected chi connectivity index (χ0v) is 12.5. The fraction of sp³-hybridized carbons (Fsp3) is 0.467. The van der Waals surface area contributed by atoms with Crippen LogP contribution in [0.25, 0.3) is 0 Å². The Morgan fingerprint density at radius 3 is 2.80 bits per heavy atom. The Balaban J connectivity index is 1.75. The highest BCUT2D eigenvalue weighted by molar-refractivity contribution is 8.01. The molecule has 2 amide bonds. The first-order chi connectivity index (χ1) is 9.49. The molecular weight excluding hydrogens is 272 g/mol. The monoisotopic (exact) mass is 290 g/mol. The van der Waals surface area contributed by atoms with Gasteiger partial charge in [0.15, 0.2) is 0 Å². The minimum Gasteiger partial charge on any atom is -0.324 e. The molecule has 2 unspecified atom stereocenters. The molecular formula is C15H18N2O2S. The van der Waals surface area contributed by atoms with E-state index in [9.17, 15) is 9.59 Å². The van der Waals surface area contributed by atoms with Crippen molar-refractivity contribution in [2.45, 2.75) is 37.6 Å². The summed E-state index contributed by atoms with van der Waals surface area (Å²) in [7, 11) is 0. The van der Waals surface area contributed by atoms with Crippen LogP contribution in [-0.2, 0) is 9.59 Å². The van der Waals surface area contributed by atoms with Crippen molar-refractivity contribution >= 4 is 29.3 Å². The lowest BCUT2D eigenvalue weighted by molar-refractivity contribution is -0.135. The maximum absolute atomic E-state index is 12.4. The molecule has 5 heteroatoms. The summed E-state index contributed by atoms with van der Waals surface area (Å²) in [6.07, 6.45) is 1.39. The number of carbonyl (C=O) groups excluding carboxylic acids is 2. The quantitative estimate of drug-likeness (QED) is 0.910. The normalized spacial score (nSPS) is 28.6. The summed E-state index contributed by atoms with van der Waals surface area (Å²) in [6.45, 7) is 4.06. The van der Waals surface area contributed by atoms with Crippen molar-refractivity contribution in [2.75, 3.05) is 11.1 Å². The van der Waals surface area contributed by atoms with E-state index in [0.29, 0.717) is 12.2 Å². The van der Waals surface area contributed by atoms with Gasteiger partial charge in [-0.1, -0.05) is 17.7 Å². The van der Waals surface area contributed by atoms with E-state index >= 15 is 0 Å². The first kappa shape index (κ1) is 13.5. The smallest absolute Gasteiger partial charge is 0.248 e. The van der Waals surface area contributed by atoms with Crippen LogP contribution in [0.2, 0.25) is 0 Å². The van der Waals surface area contributed by atoms with Crippen molar-refractivity contribution < 1.29 is 9.59 Å². The fourth-order valence-corrected chi connectivity index (χ4v) is 4.31. The molecule has 0 saturated carbocycles. The number of aryl methyl sites for hydroxylation is 1. The Hall–Kier alpha value is -1.49. The third kappa shape index (κ3) is 2.20. The first-order valence-electron chi connectivity index (χ1n) is 6.83. The number of amides is 2. The van der Waals surface area contributed by atoms with Gasteiger partial charge in [-0.2, -0.15) is 0 Å². The largest absolute Gasteiger partial charge is 0.324 e. The van der Waals surface area contributed by atoms with E-state index in [-0.39, 0.29) is 22.7 Å². The second kappa shape index (κ2) is 4.81. The van der Waals surface area contributed by atoms with Crippen LogP contribution in [0, 0.1) is 6.92 Å². The Kier molecular flexibility index (Phi) is 3.24. The van der Waals surface area contributed by atoms with E-state index in [0.717, 1.165) is 17.7 Å². The van der Waals surface area contributed by atoms with Gasteiger partial charge in [0.05, 0.1) is 4.87 Å². The lowest BCUT2D eigenvalue weighted by atomic mass is 10.2. The molecule has 0 radical (unpaired) electrons. The number of benzene rings is 1. The van der Waals surface area contributed by atoms with E-state index < -0.39 is 0 Å². The van der Waals surface area contributed by atoms with Gasteiger partial charge in [0, 0.05) is 17.9 Å². The minimum absolute atomic E-state index is 0.0830. The number of hydrogen-bond acceptors (Lipinski definition) is 3. The van der Waals surface area contributed by atoms with Crippen LogP contribution in [0.3, 0.4) is 0 Å². The molecule has 4 nitrogen and oxygen atoms in total. The molecule has 2 atom stereocenters. The molecule has 1 N–H and O–H groups in total. The van der Waals surface area contributed by atoms with Gasteiger partial charge in [0.2, 0.25) is 11.8 Å². The summed E-state index contributed by atoms with van der Waals surface area (Å²) >= 11 is 1.71. The number of nitrogens with zero attached hydrogens (tertiary/aromatic N) is 1. The zero-order chi connectivity index (χ0) is 14.3. The summed E-state index contributed by atoms with van der Waals surface area (Å²) in [4.78, 5) is 26.0. The second-order valence-electron chi connectivity index (χ2n) is 5.62. The number of thioether (sulfide) groups is 1. The average Bonchev–Trinajstić information content (AvgIpc) is 2.90. The Morgan fingerprint density at radius 1 is 1.40 bits per heavy atom. The van der Waals surface area contributed by atoms with Gasteiger partial charge in [0.25, 0.3) is 0 Å². The average molecular weight is 290 g/mol. The summed E-state index contributed by atoms with van der Waals surface area (Å²) in [5.41, 5.74) is 1.94. The third-order valence-electron chi connectivity index (χ3n) is 4.07. The van der Waals surface area contributed by atoms with Crippen molar-refractivity contribution in [1.82, 2.24) is 4.90 Å². The lowest BCUT2D eigenvalue weighted by Crippen LogP contribution is -2.48. The van der Waals surface area contributed by atoms with Crippen LogP contribution in [0.15, 0.2) is 24.3 Å². The summed E-state index contributed by atoms with van der Waals surface area (Å²) in [5, 5.41) is 2.92. The van der Waals surface area contributed by atoms with Crippen molar-refractivity contribution in [2.24, 2.45) is 0 Å². The number of rotatable bonds is 2. The number of nitrogens with one attached hydrogen (secondary N) is 1. The molecule has 0 bridgehead atoms. The topological polar surface area (TPSA) is 49.4 Å². The molecule has 0 aromatic heterocycles. The van der Waals surface area contributed by atoms with Crippen LogP contribution in [0.1, 0.15) is 25.3 Å². The molecule has 1 aromatic carbocycles. The van der Waals surface area contributed by atoms with Gasteiger partial charge in [-0.3, -0.25) is 9.59 Å². The van der Waals surface area contributed by atoms with Gasteiger partial charge in [-0.05, 0) is 32.4 Å². The Labute approximate surface area is 122 Å². The molecule has 0 aliphatic carbocycles. The van der Waals surface area contributed by atoms with E-state index in [1.54, 1.807) is 16.7 Å². The molecule has 3 rings (SSSR count). The highest BCUT2D eigenvalue weighted by Gasteiger charge is 2.52. The first-order valence-corrected chi connectivity index (χ1v) is 7.82. The highest BCUT2D eigenvalue weighted by Crippen LogP contribution is 2.47. The van der Waals surface area contributed by atoms with Crippen molar-refractivity contribution in [1.29, 1.82) is 0 Å². The molecule has 20 heavy (non-hydrogen) atoms. The summed E-state index contributed by atoms with van der Waals surface area (Å²) in [6, 6.07) is 7.36. The van der Waals surface area contributed by atoms with Crippen LogP contribution in [0.4, 0.5) is 5.69 Å². The Morgan fingerprint density at radius 2 is 2.10 bits per heavy atom. The van der Waals surface area contributed by atoms with Gasteiger partial charge >= 0.3 is 0 Å². The number of fused-ring (bicyclic) bond motifs is 1. The number of hydrogen-bond donors (Lipinski definition) is 1. The van der Waals surface area contributed by atoms with Crippen LogP contribution in [-0.4, -0.2) is 33.4 Å². The van der Waals surface area contributed by atoms with Crippen molar-refractivity contribution in [3.05, 3.63) is 29.8 Å². The fourth-order valence-electron chi connectivity index (χ4n) is 2.88. The van der Waals surface area contributed by atoms with Crippen LogP contribution < -0.4 is 5.32 Å². The van der Waals surface area contributed by atoms with Crippen LogP contribution in [0.5, 0.6) is 0 Å². The molecule has 2 aliphatic heterocycles. The third-order valence-corrected chi connectivity index (χ3v) is 5.57. The Bertz CT molecular complexity index is 557. The van der Waals surface area contributed by atoms with Gasteiger partial charge in [0.1, 0.15) is 6.04 Å². The van der Waals surface area contributed by atoms with E-state index in [2.05, 4.69) is 12.2 Å². The van der Waals surface area contributed by atoms with E-state index in [1.807, 2.05) is 31.2 Å². The molecule has 106 valence electrons. The number of carbonyl (C=O) groups is 2. The molecule has 0 spiro atoms. The van der Waals surface area contributed by atoms with Crippen molar-refractivity contribution in [3.63, 3.8) is 0 Å². The van der Waals surface area contributed by atoms with E-state index in [4.69, 9.17) is 0 Å². The molecule has 2 fully saturated rings. The van der Waals surface area contributed by atoms with Gasteiger partial charge in [-0.25, -0.2) is 0 Å². The predicted octanol–water partition coefficient (Wildman–Crippen LogP) is 2.39. The van der Waals surface area contributed by atoms with Gasteiger partial charge in [-0.15, -0.1) is 11.8 Å². The summed E-state index contributed by atoms with van der Waals surface area (Å²) < 4.78 is 0. The van der Waals surface area contributed by atoms with E-state index in [1.165, 1.54) is 0 Å². The predicted molar refractivity (Wildman–Crippen MR) is 80.5 cm³/mol. The zero-order valence-electron chi connectivity index (χ0n) is 11.7. The maximum atomic E-state index is 12.4. The molecule has 2 saturated heterocycles. The molecule has 2 heterocycles. The van der Waals surface area contributed by atoms with Crippen molar-refractivity contribution in [3.8, 4) is 0 Å². The molecule has 2 aliphatic rings. The maximum Gasteiger partial charge on any atom is 0.248 e. The second-order valence-corrected chi connectivity index (χ2v) is 7.12. The standard InChI is InChI=1S/C15H18N2O2S/c1-10-3-5-11(6-4-10)16-14(19)12-9-20-15(2)8-7-13(18)17(12)15/h3-6,12H,7-9H2,1-2H3,(H,16,19). The molecule has 1 aromatic rings. The van der Waals surface area contributed by atoms with Crippen LogP contribution >= 0.6 is 11.8 Å². The highest BCUT2D eigenvalue weighted by atomic mass is 32.2. The van der Waals surface area contributed by atoms with Gasteiger partial charge < -0.3 is 10.2 Å². The number of anilines is 1. The minimum atomic E-state index is -0.346. The lowest BCUT2D eigenvalue weighted by Gasteiger charge is -2.29. The summed E-state index contributed by atoms with van der Waals surface area (Å²) in [5.74, 6) is 0.696.